The molecule has 0 spiro atoms. The van der Waals surface area contributed by atoms with Gasteiger partial charge in [0.15, 0.2) is 0 Å². The number of para-hydroxylation sites is 1. The van der Waals surface area contributed by atoms with Crippen LogP contribution in [0.1, 0.15) is 17.0 Å². The van der Waals surface area contributed by atoms with Crippen molar-refractivity contribution in [2.75, 3.05) is 0 Å². The summed E-state index contributed by atoms with van der Waals surface area (Å²) in [5, 5.41) is 7.92. The van der Waals surface area contributed by atoms with Gasteiger partial charge in [0.2, 0.25) is 5.91 Å². The van der Waals surface area contributed by atoms with Gasteiger partial charge in [0.25, 0.3) is 0 Å². The Labute approximate surface area is 122 Å². The van der Waals surface area contributed by atoms with Crippen LogP contribution >= 0.6 is 0 Å². The van der Waals surface area contributed by atoms with E-state index in [9.17, 15) is 4.79 Å². The van der Waals surface area contributed by atoms with Crippen molar-refractivity contribution in [2.24, 2.45) is 0 Å². The highest BCUT2D eigenvalue weighted by molar-refractivity contribution is 5.83. The van der Waals surface area contributed by atoms with Gasteiger partial charge < -0.3 is 14.4 Å². The van der Waals surface area contributed by atoms with Gasteiger partial charge in [0, 0.05) is 23.8 Å². The summed E-state index contributed by atoms with van der Waals surface area (Å²) < 4.78 is 7.03. The summed E-state index contributed by atoms with van der Waals surface area (Å²) in [5.74, 6) is 0.718. The van der Waals surface area contributed by atoms with Crippen molar-refractivity contribution < 1.29 is 9.32 Å². The lowest BCUT2D eigenvalue weighted by Gasteiger charge is -2.07. The van der Waals surface area contributed by atoms with Gasteiger partial charge in [-0.15, -0.1) is 0 Å². The number of fused-ring (bicyclic) bond motifs is 1. The maximum Gasteiger partial charge on any atom is 0.240 e. The van der Waals surface area contributed by atoms with E-state index in [4.69, 9.17) is 4.52 Å². The first-order valence-corrected chi connectivity index (χ1v) is 6.87. The number of rotatable bonds is 4. The van der Waals surface area contributed by atoms with Crippen molar-refractivity contribution in [1.82, 2.24) is 15.0 Å². The highest BCUT2D eigenvalue weighted by Gasteiger charge is 2.11. The van der Waals surface area contributed by atoms with E-state index < -0.39 is 0 Å². The van der Waals surface area contributed by atoms with Crippen LogP contribution in [-0.4, -0.2) is 15.6 Å². The van der Waals surface area contributed by atoms with Crippen LogP contribution in [0.2, 0.25) is 0 Å². The Hall–Kier alpha value is -2.56. The van der Waals surface area contributed by atoms with E-state index in [0.717, 1.165) is 27.9 Å². The highest BCUT2D eigenvalue weighted by Crippen LogP contribution is 2.15. The Bertz CT molecular complexity index is 766. The number of nitrogens with zero attached hydrogens (tertiary/aromatic N) is 2. The first-order valence-electron chi connectivity index (χ1n) is 6.87. The summed E-state index contributed by atoms with van der Waals surface area (Å²) in [6, 6.07) is 10.0. The molecule has 2 heterocycles. The molecule has 3 rings (SSSR count). The molecule has 1 aromatic carbocycles. The van der Waals surface area contributed by atoms with E-state index in [1.807, 2.05) is 54.9 Å². The normalized spacial score (nSPS) is 11.0. The van der Waals surface area contributed by atoms with Gasteiger partial charge >= 0.3 is 0 Å². The predicted molar refractivity (Wildman–Crippen MR) is 79.8 cm³/mol. The molecule has 0 aliphatic rings. The maximum absolute atomic E-state index is 12.1. The average molecular weight is 283 g/mol. The van der Waals surface area contributed by atoms with Crippen molar-refractivity contribution in [3.63, 3.8) is 0 Å². The van der Waals surface area contributed by atoms with Gasteiger partial charge in [0.1, 0.15) is 12.3 Å². The molecule has 1 N–H and O–H groups in total. The molecular formula is C16H17N3O2. The van der Waals surface area contributed by atoms with Crippen molar-refractivity contribution in [1.29, 1.82) is 0 Å². The molecule has 3 aromatic rings. The van der Waals surface area contributed by atoms with Gasteiger partial charge in [-0.3, -0.25) is 4.79 Å². The molecule has 0 bridgehead atoms. The van der Waals surface area contributed by atoms with E-state index in [0.29, 0.717) is 13.1 Å². The summed E-state index contributed by atoms with van der Waals surface area (Å²) in [5.41, 5.74) is 2.82. The third kappa shape index (κ3) is 2.67. The number of aromatic nitrogens is 2. The number of aryl methyl sites for hydroxylation is 2. The molecule has 108 valence electrons. The molecule has 0 aliphatic heterocycles. The van der Waals surface area contributed by atoms with Gasteiger partial charge in [-0.1, -0.05) is 23.4 Å². The molecule has 0 radical (unpaired) electrons. The monoisotopic (exact) mass is 283 g/mol. The summed E-state index contributed by atoms with van der Waals surface area (Å²) >= 11 is 0. The second kappa shape index (κ2) is 5.44. The lowest BCUT2D eigenvalue weighted by molar-refractivity contribution is -0.121. The minimum atomic E-state index is -0.0312. The first kappa shape index (κ1) is 13.4. The minimum absolute atomic E-state index is 0.0312. The minimum Gasteiger partial charge on any atom is -0.361 e. The Morgan fingerprint density at radius 1 is 1.29 bits per heavy atom. The number of amides is 1. The zero-order chi connectivity index (χ0) is 14.8. The molecule has 0 aliphatic carbocycles. The van der Waals surface area contributed by atoms with E-state index >= 15 is 0 Å². The number of nitrogens with one attached hydrogen (secondary N) is 1. The standard InChI is InChI=1S/C16H17N3O2/c1-11-14(12(2)21-18-11)9-17-16(20)10-19-8-7-13-5-3-4-6-15(13)19/h3-8H,9-10H2,1-2H3,(H,17,20). The second-order valence-corrected chi connectivity index (χ2v) is 5.08. The number of hydrogen-bond acceptors (Lipinski definition) is 3. The topological polar surface area (TPSA) is 60.1 Å². The van der Waals surface area contributed by atoms with Crippen LogP contribution in [0.5, 0.6) is 0 Å². The summed E-state index contributed by atoms with van der Waals surface area (Å²) in [6.07, 6.45) is 1.93. The molecule has 5 nitrogen and oxygen atoms in total. The van der Waals surface area contributed by atoms with E-state index in [2.05, 4.69) is 10.5 Å². The number of hydrogen-bond donors (Lipinski definition) is 1. The predicted octanol–water partition coefficient (Wildman–Crippen LogP) is 2.56. The smallest absolute Gasteiger partial charge is 0.240 e. The largest absolute Gasteiger partial charge is 0.361 e. The van der Waals surface area contributed by atoms with Crippen LogP contribution in [0.4, 0.5) is 0 Å². The lowest BCUT2D eigenvalue weighted by Crippen LogP contribution is -2.27. The SMILES string of the molecule is Cc1noc(C)c1CNC(=O)Cn1ccc2ccccc21. The first-order chi connectivity index (χ1) is 10.1. The molecular weight excluding hydrogens is 266 g/mol. The van der Waals surface area contributed by atoms with E-state index in [-0.39, 0.29) is 5.91 Å². The quantitative estimate of drug-likeness (QED) is 0.800. The van der Waals surface area contributed by atoms with Gasteiger partial charge in [-0.25, -0.2) is 0 Å². The molecule has 0 saturated carbocycles. The maximum atomic E-state index is 12.1. The molecule has 0 saturated heterocycles. The van der Waals surface area contributed by atoms with Crippen LogP contribution in [0.15, 0.2) is 41.1 Å². The lowest BCUT2D eigenvalue weighted by atomic mass is 10.2. The molecule has 0 unspecified atom stereocenters. The fourth-order valence-corrected chi connectivity index (χ4v) is 2.43. The molecule has 5 heteroatoms. The third-order valence-corrected chi connectivity index (χ3v) is 3.64. The zero-order valence-corrected chi connectivity index (χ0v) is 12.1. The zero-order valence-electron chi connectivity index (χ0n) is 12.1. The number of carbonyl (C=O) groups excluding carboxylic acids is 1. The van der Waals surface area contributed by atoms with Crippen molar-refractivity contribution in [3.05, 3.63) is 53.5 Å². The molecule has 0 fully saturated rings. The fraction of sp³-hybridized carbons (Fsp3) is 0.250. The Morgan fingerprint density at radius 2 is 2.10 bits per heavy atom. The third-order valence-electron chi connectivity index (χ3n) is 3.64. The van der Waals surface area contributed by atoms with Gasteiger partial charge in [0.05, 0.1) is 5.69 Å². The van der Waals surface area contributed by atoms with Crippen LogP contribution < -0.4 is 5.32 Å². The highest BCUT2D eigenvalue weighted by atomic mass is 16.5. The molecule has 2 aromatic heterocycles. The second-order valence-electron chi connectivity index (χ2n) is 5.08. The fourth-order valence-electron chi connectivity index (χ4n) is 2.43. The van der Waals surface area contributed by atoms with E-state index in [1.54, 1.807) is 0 Å². The van der Waals surface area contributed by atoms with Crippen molar-refractivity contribution in [3.8, 4) is 0 Å². The molecule has 1 amide bonds. The van der Waals surface area contributed by atoms with Crippen LogP contribution in [-0.2, 0) is 17.9 Å². The molecule has 0 atom stereocenters. The van der Waals surface area contributed by atoms with Crippen LogP contribution in [0, 0.1) is 13.8 Å². The van der Waals surface area contributed by atoms with E-state index in [1.165, 1.54) is 0 Å². The Balaban J connectivity index is 1.67. The summed E-state index contributed by atoms with van der Waals surface area (Å²) in [4.78, 5) is 12.1. The van der Waals surface area contributed by atoms with Crippen molar-refractivity contribution in [2.45, 2.75) is 26.9 Å². The van der Waals surface area contributed by atoms with Gasteiger partial charge in [-0.05, 0) is 31.4 Å². The Kier molecular flexibility index (Phi) is 3.48. The van der Waals surface area contributed by atoms with Crippen LogP contribution in [0.3, 0.4) is 0 Å². The van der Waals surface area contributed by atoms with Crippen molar-refractivity contribution >= 4 is 16.8 Å². The summed E-state index contributed by atoms with van der Waals surface area (Å²) in [6.45, 7) is 4.47. The molecule has 21 heavy (non-hydrogen) atoms. The van der Waals surface area contributed by atoms with Gasteiger partial charge in [-0.2, -0.15) is 0 Å². The number of carbonyl (C=O) groups is 1. The summed E-state index contributed by atoms with van der Waals surface area (Å²) in [7, 11) is 0. The number of benzene rings is 1. The Morgan fingerprint density at radius 3 is 2.86 bits per heavy atom. The average Bonchev–Trinajstić information content (AvgIpc) is 3.02. The van der Waals surface area contributed by atoms with Crippen LogP contribution in [0.25, 0.3) is 10.9 Å².